The number of fused-ring (bicyclic) bond motifs is 1. The van der Waals surface area contributed by atoms with Crippen LogP contribution in [0.4, 0.5) is 4.79 Å². The molecule has 0 radical (unpaired) electrons. The standard InChI is InChI=1S/C31H44BrN3O4Si/c1-30(2,3)39-29(36)34-14-12-31(13-15-34,26-10-8-7-9-11-26)22-38-21-25-19-27(32)18-24-20-33-35(28(24)25)23-37-16-17-40(4,5)6/h7-11,18-20H,12-17,21-23H2,1-6H3. The Morgan fingerprint density at radius 2 is 1.77 bits per heavy atom. The van der Waals surface area contributed by atoms with E-state index >= 15 is 0 Å². The number of aromatic nitrogens is 2. The molecule has 1 amide bonds. The summed E-state index contributed by atoms with van der Waals surface area (Å²) in [6, 6.07) is 15.9. The van der Waals surface area contributed by atoms with E-state index in [0.717, 1.165) is 46.4 Å². The summed E-state index contributed by atoms with van der Waals surface area (Å²) >= 11 is 3.67. The van der Waals surface area contributed by atoms with E-state index in [4.69, 9.17) is 14.2 Å². The zero-order chi connectivity index (χ0) is 29.0. The van der Waals surface area contributed by atoms with Crippen molar-refractivity contribution in [3.63, 3.8) is 0 Å². The SMILES string of the molecule is CC(C)(C)OC(=O)N1CCC(COCc2cc(Br)cc3cnn(COCC[Si](C)(C)C)c23)(c2ccccc2)CC1. The van der Waals surface area contributed by atoms with Crippen LogP contribution >= 0.6 is 15.9 Å². The van der Waals surface area contributed by atoms with Gasteiger partial charge in [-0.05, 0) is 57.4 Å². The molecule has 0 spiro atoms. The van der Waals surface area contributed by atoms with Crippen LogP contribution in [0.15, 0.2) is 53.1 Å². The van der Waals surface area contributed by atoms with Crippen molar-refractivity contribution in [3.8, 4) is 0 Å². The minimum atomic E-state index is -1.15. The molecule has 0 bridgehead atoms. The van der Waals surface area contributed by atoms with Crippen LogP contribution in [0.1, 0.15) is 44.7 Å². The Morgan fingerprint density at radius 1 is 1.07 bits per heavy atom. The Balaban J connectivity index is 1.47. The van der Waals surface area contributed by atoms with E-state index in [9.17, 15) is 4.79 Å². The normalized spacial score (nSPS) is 15.9. The smallest absolute Gasteiger partial charge is 0.410 e. The molecule has 1 saturated heterocycles. The van der Waals surface area contributed by atoms with Gasteiger partial charge >= 0.3 is 6.09 Å². The number of nitrogens with zero attached hydrogens (tertiary/aromatic N) is 3. The molecule has 2 aromatic carbocycles. The number of likely N-dealkylation sites (tertiary alicyclic amines) is 1. The minimum absolute atomic E-state index is 0.175. The number of amides is 1. The predicted octanol–water partition coefficient (Wildman–Crippen LogP) is 7.60. The van der Waals surface area contributed by atoms with Crippen LogP contribution in [-0.4, -0.2) is 60.8 Å². The molecule has 0 unspecified atom stereocenters. The van der Waals surface area contributed by atoms with Gasteiger partial charge in [0.15, 0.2) is 0 Å². The summed E-state index contributed by atoms with van der Waals surface area (Å²) in [4.78, 5) is 14.5. The summed E-state index contributed by atoms with van der Waals surface area (Å²) in [5.41, 5.74) is 2.69. The second-order valence-electron chi connectivity index (χ2n) is 13.1. The first-order valence-electron chi connectivity index (χ1n) is 14.2. The highest BCUT2D eigenvalue weighted by molar-refractivity contribution is 9.10. The number of hydrogen-bond donors (Lipinski definition) is 0. The van der Waals surface area contributed by atoms with Crippen molar-refractivity contribution in [3.05, 3.63) is 64.3 Å². The van der Waals surface area contributed by atoms with E-state index in [1.54, 1.807) is 0 Å². The molecule has 1 fully saturated rings. The quantitative estimate of drug-likeness (QED) is 0.171. The van der Waals surface area contributed by atoms with Gasteiger partial charge in [-0.1, -0.05) is 65.9 Å². The zero-order valence-corrected chi connectivity index (χ0v) is 27.4. The molecule has 1 aliphatic rings. The molecule has 2 heterocycles. The van der Waals surface area contributed by atoms with Gasteiger partial charge in [0.05, 0.1) is 24.9 Å². The van der Waals surface area contributed by atoms with Crippen LogP contribution in [0.2, 0.25) is 25.7 Å². The van der Waals surface area contributed by atoms with Gasteiger partial charge in [-0.3, -0.25) is 0 Å². The Kier molecular flexibility index (Phi) is 9.81. The molecule has 40 heavy (non-hydrogen) atoms. The second kappa shape index (κ2) is 12.8. The lowest BCUT2D eigenvalue weighted by atomic mass is 9.73. The molecule has 4 rings (SSSR count). The van der Waals surface area contributed by atoms with Crippen molar-refractivity contribution in [2.24, 2.45) is 0 Å². The minimum Gasteiger partial charge on any atom is -0.444 e. The average molecular weight is 631 g/mol. The topological polar surface area (TPSA) is 65.8 Å². The molecule has 0 saturated carbocycles. The summed E-state index contributed by atoms with van der Waals surface area (Å²) in [6.45, 7) is 16.3. The summed E-state index contributed by atoms with van der Waals surface area (Å²) in [5, 5.41) is 5.68. The van der Waals surface area contributed by atoms with Crippen molar-refractivity contribution in [2.75, 3.05) is 26.3 Å². The first kappa shape index (κ1) is 30.7. The third kappa shape index (κ3) is 8.18. The fourth-order valence-electron chi connectivity index (χ4n) is 5.13. The highest BCUT2D eigenvalue weighted by Crippen LogP contribution is 2.37. The Bertz CT molecular complexity index is 1280. The lowest BCUT2D eigenvalue weighted by Crippen LogP contribution is -2.48. The molecular formula is C31H44BrN3O4Si. The lowest BCUT2D eigenvalue weighted by Gasteiger charge is -2.42. The molecule has 9 heteroatoms. The van der Waals surface area contributed by atoms with Crippen LogP contribution in [0.3, 0.4) is 0 Å². The maximum atomic E-state index is 12.7. The lowest BCUT2D eigenvalue weighted by molar-refractivity contribution is 0.00336. The first-order chi connectivity index (χ1) is 18.9. The number of carbonyl (C=O) groups excluding carboxylic acids is 1. The summed E-state index contributed by atoms with van der Waals surface area (Å²) in [6.07, 6.45) is 3.27. The predicted molar refractivity (Wildman–Crippen MR) is 166 cm³/mol. The Morgan fingerprint density at radius 3 is 2.42 bits per heavy atom. The Hall–Kier alpha value is -2.20. The van der Waals surface area contributed by atoms with Crippen LogP contribution in [0.5, 0.6) is 0 Å². The van der Waals surface area contributed by atoms with E-state index in [1.807, 2.05) is 42.6 Å². The van der Waals surface area contributed by atoms with Gasteiger partial charge in [0.1, 0.15) is 12.3 Å². The van der Waals surface area contributed by atoms with Gasteiger partial charge < -0.3 is 19.1 Å². The Labute approximate surface area is 248 Å². The first-order valence-corrected chi connectivity index (χ1v) is 18.7. The number of carbonyl (C=O) groups is 1. The summed E-state index contributed by atoms with van der Waals surface area (Å²) in [5.74, 6) is 0. The van der Waals surface area contributed by atoms with Crippen molar-refractivity contribution in [1.29, 1.82) is 0 Å². The number of ether oxygens (including phenoxy) is 3. The largest absolute Gasteiger partial charge is 0.444 e. The van der Waals surface area contributed by atoms with E-state index in [0.29, 0.717) is 33.0 Å². The van der Waals surface area contributed by atoms with Gasteiger partial charge in [0, 0.05) is 48.6 Å². The number of rotatable bonds is 10. The zero-order valence-electron chi connectivity index (χ0n) is 24.8. The summed E-state index contributed by atoms with van der Waals surface area (Å²) < 4.78 is 21.1. The average Bonchev–Trinajstić information content (AvgIpc) is 3.28. The molecular weight excluding hydrogens is 586 g/mol. The second-order valence-corrected chi connectivity index (χ2v) is 19.6. The number of halogens is 1. The van der Waals surface area contributed by atoms with Gasteiger partial charge in [-0.25, -0.2) is 9.48 Å². The third-order valence-corrected chi connectivity index (χ3v) is 9.54. The van der Waals surface area contributed by atoms with E-state index < -0.39 is 13.7 Å². The van der Waals surface area contributed by atoms with Crippen molar-refractivity contribution < 1.29 is 19.0 Å². The van der Waals surface area contributed by atoms with Crippen LogP contribution < -0.4 is 0 Å². The number of benzene rings is 2. The van der Waals surface area contributed by atoms with Crippen LogP contribution in [0.25, 0.3) is 10.9 Å². The highest BCUT2D eigenvalue weighted by Gasteiger charge is 2.39. The summed E-state index contributed by atoms with van der Waals surface area (Å²) in [7, 11) is -1.15. The van der Waals surface area contributed by atoms with Gasteiger partial charge in [-0.15, -0.1) is 0 Å². The van der Waals surface area contributed by atoms with E-state index in [-0.39, 0.29) is 11.5 Å². The molecule has 0 atom stereocenters. The monoisotopic (exact) mass is 629 g/mol. The van der Waals surface area contributed by atoms with Crippen molar-refractivity contribution in [1.82, 2.24) is 14.7 Å². The molecule has 218 valence electrons. The molecule has 0 N–H and O–H groups in total. The third-order valence-electron chi connectivity index (χ3n) is 7.38. The molecule has 3 aromatic rings. The van der Waals surface area contributed by atoms with Gasteiger partial charge in [0.2, 0.25) is 0 Å². The van der Waals surface area contributed by atoms with Crippen molar-refractivity contribution >= 4 is 41.0 Å². The maximum Gasteiger partial charge on any atom is 0.410 e. The van der Waals surface area contributed by atoms with E-state index in [1.165, 1.54) is 5.56 Å². The maximum absolute atomic E-state index is 12.7. The van der Waals surface area contributed by atoms with Crippen LogP contribution in [0, 0.1) is 0 Å². The molecule has 1 aliphatic heterocycles. The molecule has 0 aliphatic carbocycles. The van der Waals surface area contributed by atoms with Gasteiger partial charge in [-0.2, -0.15) is 5.10 Å². The fourth-order valence-corrected chi connectivity index (χ4v) is 6.41. The van der Waals surface area contributed by atoms with Gasteiger partial charge in [0.25, 0.3) is 0 Å². The number of piperidine rings is 1. The molecule has 1 aromatic heterocycles. The number of hydrogen-bond acceptors (Lipinski definition) is 5. The van der Waals surface area contributed by atoms with E-state index in [2.05, 4.69) is 77.1 Å². The van der Waals surface area contributed by atoms with Crippen molar-refractivity contribution in [2.45, 2.75) is 83.7 Å². The highest BCUT2D eigenvalue weighted by atomic mass is 79.9. The fraction of sp³-hybridized carbons (Fsp3) is 0.548. The van der Waals surface area contributed by atoms with Crippen LogP contribution in [-0.2, 0) is 33.0 Å². The molecule has 7 nitrogen and oxygen atoms in total.